The van der Waals surface area contributed by atoms with Crippen LogP contribution in [-0.2, 0) is 32.3 Å². The van der Waals surface area contributed by atoms with Crippen LogP contribution in [0.2, 0.25) is 0 Å². The number of sulfone groups is 1. The van der Waals surface area contributed by atoms with E-state index in [1.54, 1.807) is 29.4 Å². The van der Waals surface area contributed by atoms with Crippen LogP contribution < -0.4 is 5.32 Å². The average molecular weight is 446 g/mol. The zero-order valence-electron chi connectivity index (χ0n) is 18.2. The van der Waals surface area contributed by atoms with E-state index in [1.807, 2.05) is 20.8 Å². The lowest BCUT2D eigenvalue weighted by Crippen LogP contribution is -2.40. The fourth-order valence-corrected chi connectivity index (χ4v) is 4.99. The molecule has 1 fully saturated rings. The second kappa shape index (κ2) is 7.44. The molecular weight excluding hydrogens is 418 g/mol. The highest BCUT2D eigenvalue weighted by Crippen LogP contribution is 2.51. The molecule has 1 saturated carbocycles. The SMILES string of the molecule is CC(C)(C)OC(=O)N1CCc2cnc(Nc3ccc(C4(S(C)(=O)=O)CC4)nc3)nc2C1. The molecule has 31 heavy (non-hydrogen) atoms. The van der Waals surface area contributed by atoms with Crippen molar-refractivity contribution < 1.29 is 17.9 Å². The van der Waals surface area contributed by atoms with E-state index in [2.05, 4.69) is 20.3 Å². The monoisotopic (exact) mass is 445 g/mol. The van der Waals surface area contributed by atoms with Crippen LogP contribution in [-0.4, -0.2) is 52.8 Å². The molecule has 4 rings (SSSR count). The predicted octanol–water partition coefficient (Wildman–Crippen LogP) is 2.94. The minimum absolute atomic E-state index is 0.356. The van der Waals surface area contributed by atoms with Crippen molar-refractivity contribution in [3.8, 4) is 0 Å². The molecule has 3 heterocycles. The quantitative estimate of drug-likeness (QED) is 0.764. The molecule has 2 aromatic heterocycles. The zero-order chi connectivity index (χ0) is 22.4. The van der Waals surface area contributed by atoms with Crippen molar-refractivity contribution in [3.63, 3.8) is 0 Å². The van der Waals surface area contributed by atoms with Gasteiger partial charge < -0.3 is 15.0 Å². The van der Waals surface area contributed by atoms with Crippen molar-refractivity contribution in [1.29, 1.82) is 0 Å². The van der Waals surface area contributed by atoms with Gasteiger partial charge in [-0.05, 0) is 57.7 Å². The Morgan fingerprint density at radius 1 is 1.19 bits per heavy atom. The van der Waals surface area contributed by atoms with Gasteiger partial charge in [-0.3, -0.25) is 4.98 Å². The smallest absolute Gasteiger partial charge is 0.410 e. The van der Waals surface area contributed by atoms with Gasteiger partial charge in [0.05, 0.1) is 29.8 Å². The Hall–Kier alpha value is -2.75. The highest BCUT2D eigenvalue weighted by molar-refractivity contribution is 7.91. The first-order chi connectivity index (χ1) is 14.5. The Bertz CT molecular complexity index is 1110. The number of aromatic nitrogens is 3. The van der Waals surface area contributed by atoms with E-state index in [9.17, 15) is 13.2 Å². The van der Waals surface area contributed by atoms with E-state index in [1.165, 1.54) is 6.26 Å². The third-order valence-electron chi connectivity index (χ3n) is 5.50. The Balaban J connectivity index is 1.47. The van der Waals surface area contributed by atoms with E-state index in [4.69, 9.17) is 4.74 Å². The number of anilines is 2. The number of rotatable bonds is 4. The molecule has 0 aromatic carbocycles. The molecule has 2 aromatic rings. The molecule has 10 heteroatoms. The minimum Gasteiger partial charge on any atom is -0.444 e. The second-order valence-corrected chi connectivity index (χ2v) is 11.5. The van der Waals surface area contributed by atoms with Gasteiger partial charge in [0.2, 0.25) is 5.95 Å². The van der Waals surface area contributed by atoms with Gasteiger partial charge in [-0.1, -0.05) is 0 Å². The van der Waals surface area contributed by atoms with Gasteiger partial charge in [-0.25, -0.2) is 23.2 Å². The van der Waals surface area contributed by atoms with Crippen LogP contribution in [0.15, 0.2) is 24.5 Å². The number of carbonyl (C=O) groups is 1. The Morgan fingerprint density at radius 3 is 2.52 bits per heavy atom. The summed E-state index contributed by atoms with van der Waals surface area (Å²) in [6.45, 7) is 6.44. The normalized spacial score (nSPS) is 17.6. The number of carbonyl (C=O) groups excluding carboxylic acids is 1. The predicted molar refractivity (Wildman–Crippen MR) is 116 cm³/mol. The third-order valence-corrected chi connectivity index (χ3v) is 7.53. The molecule has 0 radical (unpaired) electrons. The summed E-state index contributed by atoms with van der Waals surface area (Å²) in [7, 11) is -3.20. The second-order valence-electron chi connectivity index (χ2n) is 9.14. The topological polar surface area (TPSA) is 114 Å². The first kappa shape index (κ1) is 21.5. The highest BCUT2D eigenvalue weighted by Gasteiger charge is 2.54. The van der Waals surface area contributed by atoms with Crippen LogP contribution in [0.3, 0.4) is 0 Å². The fourth-order valence-electron chi connectivity index (χ4n) is 3.64. The largest absolute Gasteiger partial charge is 0.444 e. The molecule has 166 valence electrons. The molecule has 0 spiro atoms. The van der Waals surface area contributed by atoms with Crippen LogP contribution in [0, 0.1) is 0 Å². The Labute approximate surface area is 182 Å². The van der Waals surface area contributed by atoms with Gasteiger partial charge in [0, 0.05) is 19.0 Å². The van der Waals surface area contributed by atoms with E-state index in [-0.39, 0.29) is 6.09 Å². The molecule has 0 unspecified atom stereocenters. The fraction of sp³-hybridized carbons (Fsp3) is 0.524. The van der Waals surface area contributed by atoms with Gasteiger partial charge in [-0.2, -0.15) is 0 Å². The molecule has 2 aliphatic rings. The van der Waals surface area contributed by atoms with Crippen molar-refractivity contribution >= 4 is 27.6 Å². The summed E-state index contributed by atoms with van der Waals surface area (Å²) in [5, 5.41) is 3.11. The summed E-state index contributed by atoms with van der Waals surface area (Å²) in [5.74, 6) is 0.392. The molecule has 1 amide bonds. The van der Waals surface area contributed by atoms with Crippen LogP contribution >= 0.6 is 0 Å². The van der Waals surface area contributed by atoms with Gasteiger partial charge in [0.1, 0.15) is 10.3 Å². The summed E-state index contributed by atoms with van der Waals surface area (Å²) in [4.78, 5) is 27.3. The molecule has 1 N–H and O–H groups in total. The van der Waals surface area contributed by atoms with E-state index in [0.29, 0.717) is 49.7 Å². The van der Waals surface area contributed by atoms with Gasteiger partial charge >= 0.3 is 6.09 Å². The number of fused-ring (bicyclic) bond motifs is 1. The maximum Gasteiger partial charge on any atom is 0.410 e. The van der Waals surface area contributed by atoms with E-state index < -0.39 is 20.2 Å². The zero-order valence-corrected chi connectivity index (χ0v) is 19.0. The van der Waals surface area contributed by atoms with Crippen molar-refractivity contribution in [2.24, 2.45) is 0 Å². The molecule has 0 atom stereocenters. The number of nitrogens with one attached hydrogen (secondary N) is 1. The number of amides is 1. The first-order valence-corrected chi connectivity index (χ1v) is 12.1. The van der Waals surface area contributed by atoms with Gasteiger partial charge in [0.15, 0.2) is 9.84 Å². The average Bonchev–Trinajstić information content (AvgIpc) is 3.49. The summed E-state index contributed by atoms with van der Waals surface area (Å²) < 4.78 is 28.8. The number of pyridine rings is 1. The number of ether oxygens (including phenoxy) is 1. The lowest BCUT2D eigenvalue weighted by atomic mass is 10.1. The van der Waals surface area contributed by atoms with Crippen molar-refractivity contribution in [3.05, 3.63) is 41.5 Å². The van der Waals surface area contributed by atoms with Gasteiger partial charge in [0.25, 0.3) is 0 Å². The third kappa shape index (κ3) is 4.48. The standard InChI is InChI=1S/C21H27N5O4S/c1-20(2,3)30-19(27)26-10-7-14-11-23-18(25-16(14)13-26)24-15-5-6-17(22-12-15)21(8-9-21)31(4,28)29/h5-6,11-12H,7-10,13H2,1-4H3,(H,23,24,25). The molecular formula is C21H27N5O4S. The van der Waals surface area contributed by atoms with Gasteiger partial charge in [-0.15, -0.1) is 0 Å². The van der Waals surface area contributed by atoms with E-state index in [0.717, 1.165) is 11.3 Å². The number of hydrogen-bond donors (Lipinski definition) is 1. The van der Waals surface area contributed by atoms with Crippen LogP contribution in [0.25, 0.3) is 0 Å². The Kier molecular flexibility index (Phi) is 5.15. The highest BCUT2D eigenvalue weighted by atomic mass is 32.2. The summed E-state index contributed by atoms with van der Waals surface area (Å²) >= 11 is 0. The van der Waals surface area contributed by atoms with Crippen molar-refractivity contribution in [2.45, 2.75) is 56.9 Å². The summed E-state index contributed by atoms with van der Waals surface area (Å²) in [5.41, 5.74) is 2.45. The van der Waals surface area contributed by atoms with Crippen LogP contribution in [0.4, 0.5) is 16.4 Å². The maximum absolute atomic E-state index is 12.4. The molecule has 9 nitrogen and oxygen atoms in total. The van der Waals surface area contributed by atoms with Crippen LogP contribution in [0.5, 0.6) is 0 Å². The lowest BCUT2D eigenvalue weighted by molar-refractivity contribution is 0.0220. The maximum atomic E-state index is 12.4. The van der Waals surface area contributed by atoms with Crippen molar-refractivity contribution in [2.75, 3.05) is 18.1 Å². The molecule has 1 aliphatic carbocycles. The summed E-state index contributed by atoms with van der Waals surface area (Å²) in [6, 6.07) is 3.52. The summed E-state index contributed by atoms with van der Waals surface area (Å²) in [6.07, 6.45) is 6.14. The lowest BCUT2D eigenvalue weighted by Gasteiger charge is -2.30. The van der Waals surface area contributed by atoms with Crippen LogP contribution in [0.1, 0.15) is 50.6 Å². The first-order valence-electron chi connectivity index (χ1n) is 10.2. The molecule has 1 aliphatic heterocycles. The Morgan fingerprint density at radius 2 is 1.94 bits per heavy atom. The molecule has 0 bridgehead atoms. The number of nitrogens with zero attached hydrogens (tertiary/aromatic N) is 4. The van der Waals surface area contributed by atoms with Crippen molar-refractivity contribution in [1.82, 2.24) is 19.9 Å². The minimum atomic E-state index is -3.20. The molecule has 0 saturated heterocycles. The van der Waals surface area contributed by atoms with E-state index >= 15 is 0 Å². The number of hydrogen-bond acceptors (Lipinski definition) is 8.